The first-order valence-electron chi connectivity index (χ1n) is 4.57. The molecule has 0 bridgehead atoms. The molecule has 0 aliphatic heterocycles. The van der Waals surface area contributed by atoms with E-state index in [1.807, 2.05) is 5.32 Å². The lowest BCUT2D eigenvalue weighted by molar-refractivity contribution is -0.145. The number of rotatable bonds is 5. The Hall–Kier alpha value is -2.38. The summed E-state index contributed by atoms with van der Waals surface area (Å²) in [6.07, 6.45) is 0.325. The maximum atomic E-state index is 11.5. The van der Waals surface area contributed by atoms with Crippen molar-refractivity contribution < 1.29 is 29.0 Å². The van der Waals surface area contributed by atoms with Gasteiger partial charge in [0.25, 0.3) is 5.91 Å². The molecule has 8 nitrogen and oxygen atoms in total. The van der Waals surface area contributed by atoms with Gasteiger partial charge in [-0.05, 0) is 6.92 Å². The molecule has 1 atom stereocenters. The van der Waals surface area contributed by atoms with Crippen LogP contribution in [0.3, 0.4) is 0 Å². The van der Waals surface area contributed by atoms with Gasteiger partial charge in [-0.15, -0.1) is 0 Å². The van der Waals surface area contributed by atoms with Gasteiger partial charge in [-0.1, -0.05) is 0 Å². The van der Waals surface area contributed by atoms with Crippen molar-refractivity contribution >= 4 is 17.8 Å². The smallest absolute Gasteiger partial charge is 0.326 e. The van der Waals surface area contributed by atoms with Crippen LogP contribution in [0.1, 0.15) is 22.7 Å². The highest BCUT2D eigenvalue weighted by Gasteiger charge is 2.25. The summed E-state index contributed by atoms with van der Waals surface area (Å²) in [7, 11) is 0. The summed E-state index contributed by atoms with van der Waals surface area (Å²) >= 11 is 0. The zero-order chi connectivity index (χ0) is 13.0. The number of carbonyl (C=O) groups excluding carboxylic acids is 1. The molecule has 17 heavy (non-hydrogen) atoms. The Labute approximate surface area is 95.3 Å². The fourth-order valence-electron chi connectivity index (χ4n) is 1.12. The molecule has 0 saturated heterocycles. The van der Waals surface area contributed by atoms with Gasteiger partial charge in [-0.3, -0.25) is 9.59 Å². The normalized spacial score (nSPS) is 11.8. The van der Waals surface area contributed by atoms with E-state index in [1.54, 1.807) is 0 Å². The predicted molar refractivity (Wildman–Crippen MR) is 52.4 cm³/mol. The Morgan fingerprint density at radius 2 is 2.12 bits per heavy atom. The van der Waals surface area contributed by atoms with Crippen LogP contribution in [0.5, 0.6) is 0 Å². The molecule has 1 rings (SSSR count). The Morgan fingerprint density at radius 1 is 1.47 bits per heavy atom. The molecule has 0 aliphatic carbocycles. The van der Waals surface area contributed by atoms with Crippen molar-refractivity contribution in [3.63, 3.8) is 0 Å². The highest BCUT2D eigenvalue weighted by molar-refractivity contribution is 5.95. The number of hydrogen-bond donors (Lipinski definition) is 3. The average Bonchev–Trinajstić information content (AvgIpc) is 2.62. The monoisotopic (exact) mass is 242 g/mol. The number of carbonyl (C=O) groups is 3. The van der Waals surface area contributed by atoms with E-state index in [4.69, 9.17) is 14.6 Å². The van der Waals surface area contributed by atoms with Gasteiger partial charge in [0.05, 0.1) is 12.1 Å². The molecule has 0 aromatic carbocycles. The summed E-state index contributed by atoms with van der Waals surface area (Å²) in [6, 6.07) is -1.51. The first-order chi connectivity index (χ1) is 7.91. The second kappa shape index (κ2) is 5.10. The molecule has 92 valence electrons. The Kier molecular flexibility index (Phi) is 3.81. The third-order valence-corrected chi connectivity index (χ3v) is 1.93. The molecular formula is C9H10N2O6. The average molecular weight is 242 g/mol. The minimum Gasteiger partial charge on any atom is -0.481 e. The first kappa shape index (κ1) is 12.7. The molecule has 1 aromatic heterocycles. The zero-order valence-corrected chi connectivity index (χ0v) is 8.84. The first-order valence-corrected chi connectivity index (χ1v) is 4.57. The number of nitrogens with zero attached hydrogens (tertiary/aromatic N) is 1. The molecule has 3 N–H and O–H groups in total. The fraction of sp³-hybridized carbons (Fsp3) is 0.333. The summed E-state index contributed by atoms with van der Waals surface area (Å²) in [4.78, 5) is 36.3. The van der Waals surface area contributed by atoms with Gasteiger partial charge in [0.15, 0.2) is 6.39 Å². The maximum Gasteiger partial charge on any atom is 0.326 e. The summed E-state index contributed by atoms with van der Waals surface area (Å²) in [5, 5.41) is 19.2. The molecular weight excluding hydrogens is 232 g/mol. The number of carboxylic acid groups (broad SMARTS) is 2. The van der Waals surface area contributed by atoms with Crippen LogP contribution in [0, 0.1) is 6.92 Å². The largest absolute Gasteiger partial charge is 0.481 e. The van der Waals surface area contributed by atoms with Crippen LogP contribution in [-0.2, 0) is 9.59 Å². The number of carboxylic acids is 2. The van der Waals surface area contributed by atoms with Crippen LogP contribution in [0.15, 0.2) is 10.8 Å². The van der Waals surface area contributed by atoms with E-state index in [9.17, 15) is 14.4 Å². The third-order valence-electron chi connectivity index (χ3n) is 1.93. The van der Waals surface area contributed by atoms with Crippen LogP contribution in [0.4, 0.5) is 0 Å². The lowest BCUT2D eigenvalue weighted by Gasteiger charge is -2.10. The maximum absolute atomic E-state index is 11.5. The lowest BCUT2D eigenvalue weighted by Crippen LogP contribution is -2.42. The second-order valence-electron chi connectivity index (χ2n) is 3.23. The number of nitrogens with one attached hydrogen (secondary N) is 1. The molecule has 0 aliphatic rings. The SMILES string of the molecule is Cc1ncoc1C(=O)N[C@@H](CC(=O)O)C(=O)O. The van der Waals surface area contributed by atoms with Crippen LogP contribution >= 0.6 is 0 Å². The van der Waals surface area contributed by atoms with Gasteiger partial charge in [0.1, 0.15) is 6.04 Å². The molecule has 0 spiro atoms. The van der Waals surface area contributed by atoms with Crippen molar-refractivity contribution in [1.82, 2.24) is 10.3 Å². The molecule has 1 heterocycles. The Morgan fingerprint density at radius 3 is 2.53 bits per heavy atom. The van der Waals surface area contributed by atoms with E-state index in [0.717, 1.165) is 6.39 Å². The van der Waals surface area contributed by atoms with Crippen LogP contribution in [0.25, 0.3) is 0 Å². The molecule has 0 radical (unpaired) electrons. The van der Waals surface area contributed by atoms with Crippen molar-refractivity contribution in [3.8, 4) is 0 Å². The fourth-order valence-corrected chi connectivity index (χ4v) is 1.12. The van der Waals surface area contributed by atoms with E-state index in [0.29, 0.717) is 5.69 Å². The van der Waals surface area contributed by atoms with Crippen molar-refractivity contribution in [2.75, 3.05) is 0 Å². The van der Waals surface area contributed by atoms with Gasteiger partial charge in [-0.2, -0.15) is 0 Å². The Balaban J connectivity index is 2.74. The predicted octanol–water partition coefficient (Wildman–Crippen LogP) is -0.359. The Bertz CT molecular complexity index is 452. The van der Waals surface area contributed by atoms with E-state index in [1.165, 1.54) is 6.92 Å². The van der Waals surface area contributed by atoms with Gasteiger partial charge in [0, 0.05) is 0 Å². The summed E-state index contributed by atoms with van der Waals surface area (Å²) < 4.78 is 4.75. The minimum atomic E-state index is -1.51. The standard InChI is InChI=1S/C9H10N2O6/c1-4-7(17-3-10-4)8(14)11-5(9(15)16)2-6(12)13/h3,5H,2H2,1H3,(H,11,14)(H,12,13)(H,15,16)/t5-/m0/s1. The lowest BCUT2D eigenvalue weighted by atomic mass is 10.2. The molecule has 1 amide bonds. The van der Waals surface area contributed by atoms with E-state index in [2.05, 4.69) is 4.98 Å². The number of hydrogen-bond acceptors (Lipinski definition) is 5. The van der Waals surface area contributed by atoms with Crippen molar-refractivity contribution in [2.24, 2.45) is 0 Å². The van der Waals surface area contributed by atoms with Crippen LogP contribution in [0.2, 0.25) is 0 Å². The molecule has 0 saturated carbocycles. The summed E-state index contributed by atoms with van der Waals surface area (Å²) in [5.41, 5.74) is 0.293. The quantitative estimate of drug-likeness (QED) is 0.642. The summed E-state index contributed by atoms with van der Waals surface area (Å²) in [5.74, 6) is -3.71. The highest BCUT2D eigenvalue weighted by atomic mass is 16.4. The van der Waals surface area contributed by atoms with Crippen LogP contribution in [-0.4, -0.2) is 39.1 Å². The van der Waals surface area contributed by atoms with E-state index >= 15 is 0 Å². The van der Waals surface area contributed by atoms with Crippen molar-refractivity contribution in [2.45, 2.75) is 19.4 Å². The topological polar surface area (TPSA) is 130 Å². The molecule has 0 fully saturated rings. The van der Waals surface area contributed by atoms with Gasteiger partial charge in [-0.25, -0.2) is 9.78 Å². The number of aromatic nitrogens is 1. The number of oxazole rings is 1. The third kappa shape index (κ3) is 3.30. The van der Waals surface area contributed by atoms with Crippen LogP contribution < -0.4 is 5.32 Å². The zero-order valence-electron chi connectivity index (χ0n) is 8.84. The molecule has 0 unspecified atom stereocenters. The number of amides is 1. The van der Waals surface area contributed by atoms with Gasteiger partial charge >= 0.3 is 11.9 Å². The number of aliphatic carboxylic acids is 2. The van der Waals surface area contributed by atoms with Crippen molar-refractivity contribution in [3.05, 3.63) is 17.8 Å². The summed E-state index contributed by atoms with van der Waals surface area (Å²) in [6.45, 7) is 1.51. The molecule has 1 aromatic rings. The van der Waals surface area contributed by atoms with Crippen molar-refractivity contribution in [1.29, 1.82) is 0 Å². The van der Waals surface area contributed by atoms with E-state index < -0.39 is 30.3 Å². The van der Waals surface area contributed by atoms with E-state index in [-0.39, 0.29) is 5.76 Å². The minimum absolute atomic E-state index is 0.137. The number of aryl methyl sites for hydroxylation is 1. The van der Waals surface area contributed by atoms with Gasteiger partial charge in [0.2, 0.25) is 5.76 Å². The second-order valence-corrected chi connectivity index (χ2v) is 3.23. The highest BCUT2D eigenvalue weighted by Crippen LogP contribution is 2.05. The molecule has 8 heteroatoms. The van der Waals surface area contributed by atoms with Gasteiger partial charge < -0.3 is 19.9 Å².